The lowest BCUT2D eigenvalue weighted by atomic mass is 9.90. The van der Waals surface area contributed by atoms with E-state index in [1.807, 2.05) is 78.9 Å². The van der Waals surface area contributed by atoms with Crippen LogP contribution >= 0.6 is 0 Å². The van der Waals surface area contributed by atoms with Crippen molar-refractivity contribution in [1.29, 1.82) is 0 Å². The average molecular weight is 706 g/mol. The summed E-state index contributed by atoms with van der Waals surface area (Å²) in [6.07, 6.45) is 5.99. The van der Waals surface area contributed by atoms with E-state index in [0.717, 1.165) is 92.2 Å². The highest BCUT2D eigenvalue weighted by Gasteiger charge is 2.30. The molecule has 0 spiro atoms. The van der Waals surface area contributed by atoms with Crippen LogP contribution in [0, 0.1) is 0 Å². The van der Waals surface area contributed by atoms with Gasteiger partial charge in [0.15, 0.2) is 5.65 Å². The number of hydrogen-bond donors (Lipinski definition) is 4. The summed E-state index contributed by atoms with van der Waals surface area (Å²) >= 11 is 0. The minimum atomic E-state index is -0.833. The quantitative estimate of drug-likeness (QED) is 0.150. The molecule has 0 atom stereocenters. The average Bonchev–Trinajstić information content (AvgIpc) is 3.55. The molecule has 272 valence electrons. The number of nitrogens with one attached hydrogen (secondary N) is 2. The van der Waals surface area contributed by atoms with Crippen molar-refractivity contribution in [1.82, 2.24) is 40.2 Å². The zero-order valence-corrected chi connectivity index (χ0v) is 29.7. The minimum Gasteiger partial charge on any atom is -0.481 e. The van der Waals surface area contributed by atoms with E-state index in [-0.39, 0.29) is 12.1 Å². The van der Waals surface area contributed by atoms with E-state index in [4.69, 9.17) is 25.5 Å². The molecule has 3 aromatic carbocycles. The van der Waals surface area contributed by atoms with Crippen molar-refractivity contribution in [2.45, 2.75) is 57.8 Å². The fourth-order valence-electron chi connectivity index (χ4n) is 6.87. The van der Waals surface area contributed by atoms with E-state index >= 15 is 0 Å². The number of aromatic nitrogens is 4. The zero-order chi connectivity index (χ0) is 36.5. The number of benzene rings is 3. The number of amides is 2. The van der Waals surface area contributed by atoms with E-state index in [1.165, 1.54) is 6.33 Å². The highest BCUT2D eigenvalue weighted by Crippen LogP contribution is 2.37. The standard InChI is InChI=1S/C37H43N9O2.C2H4O2/c1-44-18-20-45(21-19-44)29-12-14-30(15-13-29)46-36-33(35(38)41-25-42-36)34(43-46)28-10-16-31(17-11-28)48-32-9-5-8-27(22-32)24-40-37(47)39-23-26-6-3-2-4-7-26;1-2(3)4/h2-11,16-17,22,25,29-30H,12-15,18-21,23-24H2,1H3,(H2,38,41,42)(H2,39,40,47);1H3,(H,3,4). The predicted octanol–water partition coefficient (Wildman–Crippen LogP) is 5.69. The molecule has 13 nitrogen and oxygen atoms in total. The van der Waals surface area contributed by atoms with Crippen molar-refractivity contribution in [3.63, 3.8) is 0 Å². The number of nitrogen functional groups attached to an aromatic ring is 1. The van der Waals surface area contributed by atoms with Crippen LogP contribution in [0.1, 0.15) is 49.8 Å². The lowest BCUT2D eigenvalue weighted by Gasteiger charge is -2.41. The monoisotopic (exact) mass is 705 g/mol. The number of aliphatic carboxylic acids is 1. The summed E-state index contributed by atoms with van der Waals surface area (Å²) in [6, 6.07) is 26.1. The van der Waals surface area contributed by atoms with Crippen LogP contribution in [0.25, 0.3) is 22.3 Å². The third-order valence-corrected chi connectivity index (χ3v) is 9.60. The molecule has 7 rings (SSSR count). The van der Waals surface area contributed by atoms with Gasteiger partial charge in [-0.2, -0.15) is 5.10 Å². The van der Waals surface area contributed by atoms with Crippen LogP contribution in [-0.4, -0.2) is 85.9 Å². The fraction of sp³-hybridized carbons (Fsp3) is 0.359. The number of nitrogens with two attached hydrogens (primary N) is 1. The summed E-state index contributed by atoms with van der Waals surface area (Å²) < 4.78 is 8.28. The van der Waals surface area contributed by atoms with Gasteiger partial charge in [0.05, 0.1) is 11.4 Å². The largest absolute Gasteiger partial charge is 0.481 e. The molecule has 13 heteroatoms. The molecular weight excluding hydrogens is 658 g/mol. The number of rotatable bonds is 9. The number of ether oxygens (including phenoxy) is 1. The zero-order valence-electron chi connectivity index (χ0n) is 29.7. The Balaban J connectivity index is 0.00000110. The number of carbonyl (C=O) groups excluding carboxylic acids is 1. The third-order valence-electron chi connectivity index (χ3n) is 9.60. The number of piperazine rings is 1. The van der Waals surface area contributed by atoms with Gasteiger partial charge in [-0.05, 0) is 80.3 Å². The maximum Gasteiger partial charge on any atom is 0.315 e. The van der Waals surface area contributed by atoms with Crippen LogP contribution in [0.2, 0.25) is 0 Å². The van der Waals surface area contributed by atoms with E-state index in [1.54, 1.807) is 0 Å². The van der Waals surface area contributed by atoms with E-state index in [2.05, 4.69) is 42.1 Å². The number of carbonyl (C=O) groups is 2. The second-order valence-electron chi connectivity index (χ2n) is 13.4. The van der Waals surface area contributed by atoms with E-state index in [0.29, 0.717) is 36.4 Å². The summed E-state index contributed by atoms with van der Waals surface area (Å²) in [4.78, 5) is 35.4. The van der Waals surface area contributed by atoms with E-state index < -0.39 is 5.97 Å². The van der Waals surface area contributed by atoms with Crippen LogP contribution in [0.15, 0.2) is 85.2 Å². The van der Waals surface area contributed by atoms with Gasteiger partial charge in [-0.15, -0.1) is 0 Å². The topological polar surface area (TPSA) is 164 Å². The van der Waals surface area contributed by atoms with Gasteiger partial charge in [-0.1, -0.05) is 42.5 Å². The Morgan fingerprint density at radius 2 is 1.46 bits per heavy atom. The molecule has 1 aliphatic carbocycles. The highest BCUT2D eigenvalue weighted by atomic mass is 16.5. The van der Waals surface area contributed by atoms with Gasteiger partial charge in [-0.3, -0.25) is 9.69 Å². The first kappa shape index (κ1) is 36.3. The number of carboxylic acids is 1. The second-order valence-corrected chi connectivity index (χ2v) is 13.4. The van der Waals surface area contributed by atoms with Crippen molar-refractivity contribution in [2.24, 2.45) is 0 Å². The third kappa shape index (κ3) is 9.42. The smallest absolute Gasteiger partial charge is 0.315 e. The summed E-state index contributed by atoms with van der Waals surface area (Å²) in [5, 5.41) is 19.1. The van der Waals surface area contributed by atoms with Crippen LogP contribution in [0.3, 0.4) is 0 Å². The SMILES string of the molecule is CC(=O)O.CN1CCN(C2CCC(n3nc(-c4ccc(Oc5cccc(CNC(=O)NCc6ccccc6)c5)cc4)c4c(N)ncnc43)CC2)CC1. The van der Waals surface area contributed by atoms with Gasteiger partial charge in [0.2, 0.25) is 0 Å². The highest BCUT2D eigenvalue weighted by molar-refractivity contribution is 5.98. The molecule has 1 aliphatic heterocycles. The molecule has 2 aromatic heterocycles. The molecule has 52 heavy (non-hydrogen) atoms. The van der Waals surface area contributed by atoms with Gasteiger partial charge in [-0.25, -0.2) is 19.4 Å². The van der Waals surface area contributed by atoms with Crippen molar-refractivity contribution >= 4 is 28.9 Å². The Labute approximate surface area is 303 Å². The van der Waals surface area contributed by atoms with Gasteiger partial charge >= 0.3 is 6.03 Å². The number of nitrogens with zero attached hydrogens (tertiary/aromatic N) is 6. The minimum absolute atomic E-state index is 0.222. The van der Waals surface area contributed by atoms with Crippen LogP contribution in [0.4, 0.5) is 10.6 Å². The Hall–Kier alpha value is -5.53. The van der Waals surface area contributed by atoms with Crippen molar-refractivity contribution in [3.05, 3.63) is 96.3 Å². The molecule has 3 heterocycles. The lowest BCUT2D eigenvalue weighted by Crippen LogP contribution is -2.49. The number of urea groups is 1. The first-order chi connectivity index (χ1) is 25.2. The first-order valence-electron chi connectivity index (χ1n) is 17.8. The molecule has 0 bridgehead atoms. The van der Waals surface area contributed by atoms with E-state index in [9.17, 15) is 4.79 Å². The van der Waals surface area contributed by atoms with Crippen LogP contribution in [0.5, 0.6) is 11.5 Å². The maximum absolute atomic E-state index is 12.3. The number of anilines is 1. The Morgan fingerprint density at radius 1 is 0.827 bits per heavy atom. The predicted molar refractivity (Wildman–Crippen MR) is 201 cm³/mol. The molecule has 0 unspecified atom stereocenters. The Morgan fingerprint density at radius 3 is 2.15 bits per heavy atom. The molecule has 5 aromatic rings. The van der Waals surface area contributed by atoms with Gasteiger partial charge in [0, 0.05) is 57.8 Å². The van der Waals surface area contributed by atoms with Crippen molar-refractivity contribution < 1.29 is 19.4 Å². The van der Waals surface area contributed by atoms with Crippen LogP contribution in [-0.2, 0) is 17.9 Å². The molecule has 2 fully saturated rings. The maximum atomic E-state index is 12.3. The van der Waals surface area contributed by atoms with Gasteiger partial charge in [0.1, 0.15) is 29.3 Å². The first-order valence-corrected chi connectivity index (χ1v) is 17.8. The molecule has 1 saturated heterocycles. The van der Waals surface area contributed by atoms with Crippen LogP contribution < -0.4 is 21.1 Å². The summed E-state index contributed by atoms with van der Waals surface area (Å²) in [5.41, 5.74) is 10.9. The molecule has 0 radical (unpaired) electrons. The summed E-state index contributed by atoms with van der Waals surface area (Å²) in [6.45, 7) is 6.54. The summed E-state index contributed by atoms with van der Waals surface area (Å²) in [5.74, 6) is 0.984. The number of likely N-dealkylation sites (N-methyl/N-ethyl adjacent to an activating group) is 1. The molecular formula is C39H47N9O4. The number of fused-ring (bicyclic) bond motifs is 1. The van der Waals surface area contributed by atoms with Gasteiger partial charge < -0.3 is 31.1 Å². The normalized spacial score (nSPS) is 17.9. The molecule has 2 aliphatic rings. The van der Waals surface area contributed by atoms with Gasteiger partial charge in [0.25, 0.3) is 5.97 Å². The van der Waals surface area contributed by atoms with Crippen molar-refractivity contribution in [3.8, 4) is 22.8 Å². The summed E-state index contributed by atoms with van der Waals surface area (Å²) in [7, 11) is 2.21. The lowest BCUT2D eigenvalue weighted by molar-refractivity contribution is -0.134. The molecule has 5 N–H and O–H groups in total. The number of carboxylic acid groups (broad SMARTS) is 1. The Kier molecular flexibility index (Phi) is 11.9. The number of hydrogen-bond acceptors (Lipinski definition) is 9. The molecule has 2 amide bonds. The molecule has 1 saturated carbocycles. The second kappa shape index (κ2) is 17.1. The Bertz CT molecular complexity index is 1930. The fourth-order valence-corrected chi connectivity index (χ4v) is 6.87. The van der Waals surface area contributed by atoms with Crippen molar-refractivity contribution in [2.75, 3.05) is 39.0 Å².